The lowest BCUT2D eigenvalue weighted by Crippen LogP contribution is -2.25. The van der Waals surface area contributed by atoms with Crippen LogP contribution in [0.2, 0.25) is 0 Å². The highest BCUT2D eigenvalue weighted by atomic mass is 16.5. The molecule has 1 aromatic heterocycles. The van der Waals surface area contributed by atoms with E-state index in [2.05, 4.69) is 15.5 Å². The predicted octanol–water partition coefficient (Wildman–Crippen LogP) is 2.24. The van der Waals surface area contributed by atoms with Crippen LogP contribution in [-0.2, 0) is 20.7 Å². The predicted molar refractivity (Wildman–Crippen MR) is 99.5 cm³/mol. The molecule has 0 fully saturated rings. The summed E-state index contributed by atoms with van der Waals surface area (Å²) in [5.74, 6) is 1.85. The number of rotatable bonds is 13. The van der Waals surface area contributed by atoms with Crippen LogP contribution >= 0.6 is 0 Å². The Morgan fingerprint density at radius 1 is 1.11 bits per heavy atom. The molecule has 0 atom stereocenters. The molecule has 1 aromatic carbocycles. The van der Waals surface area contributed by atoms with E-state index in [-0.39, 0.29) is 5.91 Å². The number of carbonyl (C=O) groups excluding carboxylic acids is 1. The van der Waals surface area contributed by atoms with Crippen molar-refractivity contribution in [2.24, 2.45) is 0 Å². The Morgan fingerprint density at radius 3 is 2.67 bits per heavy atom. The molecule has 0 aliphatic carbocycles. The molecule has 8 heteroatoms. The Kier molecular flexibility index (Phi) is 9.29. The van der Waals surface area contributed by atoms with Gasteiger partial charge in [-0.2, -0.15) is 4.98 Å². The Hall–Kier alpha value is -2.45. The van der Waals surface area contributed by atoms with E-state index in [0.29, 0.717) is 57.3 Å². The van der Waals surface area contributed by atoms with Gasteiger partial charge in [-0.15, -0.1) is 0 Å². The first-order valence-electron chi connectivity index (χ1n) is 9.03. The van der Waals surface area contributed by atoms with Gasteiger partial charge >= 0.3 is 0 Å². The van der Waals surface area contributed by atoms with E-state index in [9.17, 15) is 4.79 Å². The first kappa shape index (κ1) is 20.9. The molecule has 1 amide bonds. The number of nitrogens with one attached hydrogen (secondary N) is 1. The summed E-state index contributed by atoms with van der Waals surface area (Å²) < 4.78 is 20.6. The normalized spacial score (nSPS) is 10.7. The van der Waals surface area contributed by atoms with Gasteiger partial charge in [-0.1, -0.05) is 5.16 Å². The van der Waals surface area contributed by atoms with Gasteiger partial charge in [0.2, 0.25) is 17.6 Å². The van der Waals surface area contributed by atoms with Gasteiger partial charge in [0.15, 0.2) is 0 Å². The number of aryl methyl sites for hydroxylation is 1. The highest BCUT2D eigenvalue weighted by molar-refractivity contribution is 5.75. The second kappa shape index (κ2) is 12.0. The van der Waals surface area contributed by atoms with Crippen molar-refractivity contribution in [3.8, 4) is 17.1 Å². The molecular formula is C19H27N3O5. The van der Waals surface area contributed by atoms with Gasteiger partial charge in [0.05, 0.1) is 20.3 Å². The minimum absolute atomic E-state index is 0.0155. The Bertz CT molecular complexity index is 672. The lowest BCUT2D eigenvalue weighted by atomic mass is 10.2. The van der Waals surface area contributed by atoms with Crippen molar-refractivity contribution in [1.29, 1.82) is 0 Å². The van der Waals surface area contributed by atoms with Gasteiger partial charge in [0.25, 0.3) is 0 Å². The summed E-state index contributed by atoms with van der Waals surface area (Å²) in [5, 5.41) is 6.85. The molecular weight excluding hydrogens is 350 g/mol. The molecule has 0 unspecified atom stereocenters. The average Bonchev–Trinajstić information content (AvgIpc) is 3.16. The molecule has 8 nitrogen and oxygen atoms in total. The van der Waals surface area contributed by atoms with Crippen molar-refractivity contribution in [3.05, 3.63) is 30.2 Å². The third-order valence-electron chi connectivity index (χ3n) is 3.83. The molecule has 1 N–H and O–H groups in total. The zero-order valence-corrected chi connectivity index (χ0v) is 15.9. The van der Waals surface area contributed by atoms with Crippen LogP contribution in [0.1, 0.15) is 25.2 Å². The summed E-state index contributed by atoms with van der Waals surface area (Å²) in [6, 6.07) is 7.44. The van der Waals surface area contributed by atoms with Crippen molar-refractivity contribution in [2.75, 3.05) is 40.6 Å². The van der Waals surface area contributed by atoms with Gasteiger partial charge in [0, 0.05) is 38.7 Å². The Balaban J connectivity index is 1.61. The van der Waals surface area contributed by atoms with E-state index in [1.54, 1.807) is 14.2 Å². The summed E-state index contributed by atoms with van der Waals surface area (Å²) in [5.41, 5.74) is 0.858. The number of methoxy groups -OCH3 is 2. The van der Waals surface area contributed by atoms with Gasteiger partial charge in [0.1, 0.15) is 5.75 Å². The van der Waals surface area contributed by atoms with Gasteiger partial charge in [-0.05, 0) is 37.1 Å². The van der Waals surface area contributed by atoms with Gasteiger partial charge in [-0.3, -0.25) is 4.79 Å². The highest BCUT2D eigenvalue weighted by Crippen LogP contribution is 2.20. The van der Waals surface area contributed by atoms with Gasteiger partial charge < -0.3 is 24.1 Å². The third kappa shape index (κ3) is 7.76. The third-order valence-corrected chi connectivity index (χ3v) is 3.83. The number of hydrogen-bond acceptors (Lipinski definition) is 7. The largest absolute Gasteiger partial charge is 0.497 e. The summed E-state index contributed by atoms with van der Waals surface area (Å²) in [7, 11) is 3.26. The van der Waals surface area contributed by atoms with Crippen LogP contribution in [0.25, 0.3) is 11.4 Å². The molecule has 27 heavy (non-hydrogen) atoms. The molecule has 0 spiro atoms. The maximum absolute atomic E-state index is 11.8. The van der Waals surface area contributed by atoms with Crippen molar-refractivity contribution >= 4 is 5.91 Å². The fourth-order valence-electron chi connectivity index (χ4n) is 2.35. The number of carbonyl (C=O) groups is 1. The van der Waals surface area contributed by atoms with E-state index in [1.807, 2.05) is 24.3 Å². The molecule has 0 aliphatic heterocycles. The standard InChI is InChI=1S/C19H27N3O5/c1-24-13-14-26-12-4-11-20-17(23)5-3-6-18-21-19(22-27-18)15-7-9-16(25-2)10-8-15/h7-10H,3-6,11-14H2,1-2H3,(H,20,23). The fourth-order valence-corrected chi connectivity index (χ4v) is 2.35. The lowest BCUT2D eigenvalue weighted by molar-refractivity contribution is -0.121. The number of aromatic nitrogens is 2. The van der Waals surface area contributed by atoms with Crippen molar-refractivity contribution in [1.82, 2.24) is 15.5 Å². The SMILES string of the molecule is COCCOCCCNC(=O)CCCc1nc(-c2ccc(OC)cc2)no1. The molecule has 0 saturated carbocycles. The molecule has 2 aromatic rings. The molecule has 0 aliphatic rings. The Labute approximate surface area is 159 Å². The zero-order chi connectivity index (χ0) is 19.3. The Morgan fingerprint density at radius 2 is 1.93 bits per heavy atom. The number of ether oxygens (including phenoxy) is 3. The van der Waals surface area contributed by atoms with E-state index in [1.165, 1.54) is 0 Å². The first-order valence-corrected chi connectivity index (χ1v) is 9.03. The second-order valence-electron chi connectivity index (χ2n) is 5.90. The number of nitrogens with zero attached hydrogens (tertiary/aromatic N) is 2. The van der Waals surface area contributed by atoms with Crippen LogP contribution in [0.15, 0.2) is 28.8 Å². The number of hydrogen-bond donors (Lipinski definition) is 1. The summed E-state index contributed by atoms with van der Waals surface area (Å²) in [6.07, 6.45) is 2.42. The van der Waals surface area contributed by atoms with Crippen LogP contribution in [0, 0.1) is 0 Å². The molecule has 2 rings (SSSR count). The maximum atomic E-state index is 11.8. The van der Waals surface area contributed by atoms with Crippen LogP contribution in [0.4, 0.5) is 0 Å². The average molecular weight is 377 g/mol. The topological polar surface area (TPSA) is 95.7 Å². The van der Waals surface area contributed by atoms with E-state index in [4.69, 9.17) is 18.7 Å². The minimum Gasteiger partial charge on any atom is -0.497 e. The van der Waals surface area contributed by atoms with E-state index in [0.717, 1.165) is 17.7 Å². The maximum Gasteiger partial charge on any atom is 0.226 e. The lowest BCUT2D eigenvalue weighted by Gasteiger charge is -2.05. The summed E-state index contributed by atoms with van der Waals surface area (Å²) in [4.78, 5) is 16.2. The van der Waals surface area contributed by atoms with Crippen LogP contribution in [0.5, 0.6) is 5.75 Å². The van der Waals surface area contributed by atoms with E-state index < -0.39 is 0 Å². The number of amides is 1. The summed E-state index contributed by atoms with van der Waals surface area (Å²) in [6.45, 7) is 2.38. The van der Waals surface area contributed by atoms with Crippen molar-refractivity contribution < 1.29 is 23.5 Å². The van der Waals surface area contributed by atoms with Crippen LogP contribution in [-0.4, -0.2) is 56.6 Å². The fraction of sp³-hybridized carbons (Fsp3) is 0.526. The second-order valence-corrected chi connectivity index (χ2v) is 5.90. The summed E-state index contributed by atoms with van der Waals surface area (Å²) >= 11 is 0. The van der Waals surface area contributed by atoms with Crippen molar-refractivity contribution in [3.63, 3.8) is 0 Å². The zero-order valence-electron chi connectivity index (χ0n) is 15.9. The monoisotopic (exact) mass is 377 g/mol. The number of benzene rings is 1. The van der Waals surface area contributed by atoms with Gasteiger partial charge in [-0.25, -0.2) is 0 Å². The van der Waals surface area contributed by atoms with Crippen LogP contribution in [0.3, 0.4) is 0 Å². The molecule has 0 bridgehead atoms. The molecule has 1 heterocycles. The van der Waals surface area contributed by atoms with Crippen molar-refractivity contribution in [2.45, 2.75) is 25.7 Å². The molecule has 0 radical (unpaired) electrons. The molecule has 0 saturated heterocycles. The molecule has 148 valence electrons. The highest BCUT2D eigenvalue weighted by Gasteiger charge is 2.09. The smallest absolute Gasteiger partial charge is 0.226 e. The first-order chi connectivity index (χ1) is 13.2. The van der Waals surface area contributed by atoms with E-state index >= 15 is 0 Å². The quantitative estimate of drug-likeness (QED) is 0.535. The van der Waals surface area contributed by atoms with Crippen LogP contribution < -0.4 is 10.1 Å². The minimum atomic E-state index is 0.0155.